The third kappa shape index (κ3) is 3.99. The van der Waals surface area contributed by atoms with Gasteiger partial charge < -0.3 is 4.90 Å². The fourth-order valence-corrected chi connectivity index (χ4v) is 1.85. The molecule has 0 atom stereocenters. The molecule has 0 aliphatic rings. The van der Waals surface area contributed by atoms with Crippen molar-refractivity contribution in [3.05, 3.63) is 71.3 Å². The summed E-state index contributed by atoms with van der Waals surface area (Å²) in [4.78, 5) is 13.8. The molecule has 4 heteroatoms. The van der Waals surface area contributed by atoms with E-state index in [1.54, 1.807) is 6.08 Å². The number of hydrogen-bond donors (Lipinski definition) is 0. The van der Waals surface area contributed by atoms with E-state index in [0.29, 0.717) is 0 Å². The molecule has 0 radical (unpaired) electrons. The number of halogens is 2. The predicted molar refractivity (Wildman–Crippen MR) is 80.5 cm³/mol. The molecule has 0 bridgehead atoms. The average molecular weight is 287 g/mol. The van der Waals surface area contributed by atoms with Crippen LogP contribution < -0.4 is 4.90 Å². The van der Waals surface area contributed by atoms with Crippen LogP contribution in [0.15, 0.2) is 48.5 Å². The van der Waals surface area contributed by atoms with Crippen molar-refractivity contribution in [3.8, 4) is 0 Å². The molecule has 2 aromatic carbocycles. The zero-order valence-electron chi connectivity index (χ0n) is 11.8. The number of carbonyl (C=O) groups excluding carboxylic acids is 1. The van der Waals surface area contributed by atoms with Crippen molar-refractivity contribution in [1.82, 2.24) is 0 Å². The van der Waals surface area contributed by atoms with E-state index in [-0.39, 0.29) is 5.56 Å². The summed E-state index contributed by atoms with van der Waals surface area (Å²) >= 11 is 0. The lowest BCUT2D eigenvalue weighted by Gasteiger charge is -2.11. The van der Waals surface area contributed by atoms with Crippen molar-refractivity contribution in [3.63, 3.8) is 0 Å². The van der Waals surface area contributed by atoms with Crippen molar-refractivity contribution >= 4 is 17.5 Å². The first-order chi connectivity index (χ1) is 9.95. The highest BCUT2D eigenvalue weighted by atomic mass is 19.1. The topological polar surface area (TPSA) is 20.3 Å². The van der Waals surface area contributed by atoms with Crippen molar-refractivity contribution in [2.45, 2.75) is 0 Å². The lowest BCUT2D eigenvalue weighted by Crippen LogP contribution is -2.07. The van der Waals surface area contributed by atoms with Crippen LogP contribution in [-0.2, 0) is 0 Å². The molecule has 108 valence electrons. The van der Waals surface area contributed by atoms with Gasteiger partial charge in [0.2, 0.25) is 0 Å². The van der Waals surface area contributed by atoms with Gasteiger partial charge in [-0.05, 0) is 35.9 Å². The minimum Gasteiger partial charge on any atom is -0.378 e. The average Bonchev–Trinajstić information content (AvgIpc) is 2.44. The van der Waals surface area contributed by atoms with Crippen molar-refractivity contribution in [1.29, 1.82) is 0 Å². The summed E-state index contributed by atoms with van der Waals surface area (Å²) < 4.78 is 26.1. The van der Waals surface area contributed by atoms with E-state index >= 15 is 0 Å². The number of ketones is 1. The summed E-state index contributed by atoms with van der Waals surface area (Å²) in [5.41, 5.74) is 1.88. The van der Waals surface area contributed by atoms with E-state index in [0.717, 1.165) is 29.4 Å². The van der Waals surface area contributed by atoms with Crippen LogP contribution in [0.5, 0.6) is 0 Å². The maximum absolute atomic E-state index is 13.1. The maximum Gasteiger partial charge on any atom is 0.186 e. The zero-order valence-corrected chi connectivity index (χ0v) is 11.8. The van der Waals surface area contributed by atoms with E-state index in [2.05, 4.69) is 0 Å². The Balaban J connectivity index is 2.14. The molecule has 0 aliphatic heterocycles. The number of nitrogens with zero attached hydrogens (tertiary/aromatic N) is 1. The van der Waals surface area contributed by atoms with Crippen LogP contribution >= 0.6 is 0 Å². The number of allylic oxidation sites excluding steroid dienone is 1. The van der Waals surface area contributed by atoms with Gasteiger partial charge in [0, 0.05) is 31.4 Å². The molecule has 2 nitrogen and oxygen atoms in total. The number of hydrogen-bond acceptors (Lipinski definition) is 2. The first-order valence-electron chi connectivity index (χ1n) is 6.41. The van der Waals surface area contributed by atoms with Gasteiger partial charge in [0.25, 0.3) is 0 Å². The largest absolute Gasteiger partial charge is 0.378 e. The van der Waals surface area contributed by atoms with Crippen LogP contribution in [0.25, 0.3) is 6.08 Å². The lowest BCUT2D eigenvalue weighted by atomic mass is 10.1. The fourth-order valence-electron chi connectivity index (χ4n) is 1.85. The van der Waals surface area contributed by atoms with Gasteiger partial charge in [0.15, 0.2) is 5.78 Å². The second-order valence-electron chi connectivity index (χ2n) is 4.84. The highest BCUT2D eigenvalue weighted by Crippen LogP contribution is 2.14. The molecule has 0 spiro atoms. The molecular weight excluding hydrogens is 272 g/mol. The lowest BCUT2D eigenvalue weighted by molar-refractivity contribution is 0.104. The van der Waals surface area contributed by atoms with Gasteiger partial charge in [0.05, 0.1) is 0 Å². The van der Waals surface area contributed by atoms with Gasteiger partial charge in [0.1, 0.15) is 11.6 Å². The highest BCUT2D eigenvalue weighted by Gasteiger charge is 2.06. The second kappa shape index (κ2) is 6.31. The van der Waals surface area contributed by atoms with Crippen molar-refractivity contribution < 1.29 is 13.6 Å². The molecule has 0 aromatic heterocycles. The number of rotatable bonds is 4. The van der Waals surface area contributed by atoms with E-state index in [1.807, 2.05) is 43.3 Å². The molecule has 2 rings (SSSR count). The molecule has 0 unspecified atom stereocenters. The SMILES string of the molecule is CN(C)c1ccc(/C=C/C(=O)c2cc(F)cc(F)c2)cc1. The van der Waals surface area contributed by atoms with E-state index in [4.69, 9.17) is 0 Å². The summed E-state index contributed by atoms with van der Waals surface area (Å²) in [7, 11) is 3.87. The third-order valence-corrected chi connectivity index (χ3v) is 2.98. The van der Waals surface area contributed by atoms with Crippen molar-refractivity contribution in [2.75, 3.05) is 19.0 Å². The Labute approximate surface area is 122 Å². The van der Waals surface area contributed by atoms with Crippen LogP contribution in [0.4, 0.5) is 14.5 Å². The standard InChI is InChI=1S/C17H15F2NO/c1-20(2)16-6-3-12(4-7-16)5-8-17(21)13-9-14(18)11-15(19)10-13/h3-11H,1-2H3/b8-5+. The summed E-state index contributed by atoms with van der Waals surface area (Å²) in [5, 5.41) is 0. The minimum atomic E-state index is -0.762. The van der Waals surface area contributed by atoms with Gasteiger partial charge in [-0.25, -0.2) is 8.78 Å². The normalized spacial score (nSPS) is 10.9. The molecule has 0 heterocycles. The van der Waals surface area contributed by atoms with E-state index < -0.39 is 17.4 Å². The predicted octanol–water partition coefficient (Wildman–Crippen LogP) is 3.93. The molecule has 0 N–H and O–H groups in total. The first kappa shape index (κ1) is 14.9. The Morgan fingerprint density at radius 3 is 2.10 bits per heavy atom. The van der Waals surface area contributed by atoms with Crippen molar-refractivity contribution in [2.24, 2.45) is 0 Å². The Bertz CT molecular complexity index is 655. The molecule has 21 heavy (non-hydrogen) atoms. The Hall–Kier alpha value is -2.49. The molecule has 0 saturated carbocycles. The second-order valence-corrected chi connectivity index (χ2v) is 4.84. The van der Waals surface area contributed by atoms with Crippen LogP contribution in [-0.4, -0.2) is 19.9 Å². The highest BCUT2D eigenvalue weighted by molar-refractivity contribution is 6.06. The van der Waals surface area contributed by atoms with Crippen LogP contribution in [0.3, 0.4) is 0 Å². The minimum absolute atomic E-state index is 0.00587. The Morgan fingerprint density at radius 1 is 1.00 bits per heavy atom. The smallest absolute Gasteiger partial charge is 0.186 e. The summed E-state index contributed by atoms with van der Waals surface area (Å²) in [6, 6.07) is 10.4. The molecule has 0 saturated heterocycles. The molecule has 0 amide bonds. The van der Waals surface area contributed by atoms with Gasteiger partial charge in [-0.1, -0.05) is 18.2 Å². The Kier molecular flexibility index (Phi) is 4.48. The zero-order chi connectivity index (χ0) is 15.4. The van der Waals surface area contributed by atoms with Gasteiger partial charge in [-0.3, -0.25) is 4.79 Å². The number of benzene rings is 2. The molecular formula is C17H15F2NO. The summed E-state index contributed by atoms with van der Waals surface area (Å²) in [5.74, 6) is -1.96. The van der Waals surface area contributed by atoms with Gasteiger partial charge in [-0.15, -0.1) is 0 Å². The quantitative estimate of drug-likeness (QED) is 0.627. The summed E-state index contributed by atoms with van der Waals surface area (Å²) in [6.45, 7) is 0. The molecule has 2 aromatic rings. The first-order valence-corrected chi connectivity index (χ1v) is 6.41. The van der Waals surface area contributed by atoms with Crippen LogP contribution in [0.1, 0.15) is 15.9 Å². The monoisotopic (exact) mass is 287 g/mol. The van der Waals surface area contributed by atoms with Gasteiger partial charge in [-0.2, -0.15) is 0 Å². The molecule has 0 aliphatic carbocycles. The molecule has 0 fully saturated rings. The summed E-state index contributed by atoms with van der Waals surface area (Å²) in [6.07, 6.45) is 2.92. The van der Waals surface area contributed by atoms with Crippen LogP contribution in [0.2, 0.25) is 0 Å². The fraction of sp³-hybridized carbons (Fsp3) is 0.118. The third-order valence-electron chi connectivity index (χ3n) is 2.98. The van der Waals surface area contributed by atoms with Crippen LogP contribution in [0, 0.1) is 11.6 Å². The Morgan fingerprint density at radius 2 is 1.57 bits per heavy atom. The van der Waals surface area contributed by atoms with E-state index in [1.165, 1.54) is 6.08 Å². The van der Waals surface area contributed by atoms with Gasteiger partial charge >= 0.3 is 0 Å². The number of carbonyl (C=O) groups is 1. The van der Waals surface area contributed by atoms with E-state index in [9.17, 15) is 13.6 Å². The maximum atomic E-state index is 13.1. The number of anilines is 1.